The SMILES string of the molecule is Cc1cc(NC(=O)c2cccc(F)c2)sc1C(=O)N(C)CCOc1ccc(F)cc1. The maximum absolute atomic E-state index is 13.3. The summed E-state index contributed by atoms with van der Waals surface area (Å²) in [6.07, 6.45) is 0. The fourth-order valence-corrected chi connectivity index (χ4v) is 3.74. The van der Waals surface area contributed by atoms with E-state index in [4.69, 9.17) is 4.74 Å². The van der Waals surface area contributed by atoms with Gasteiger partial charge in [0.05, 0.1) is 16.4 Å². The van der Waals surface area contributed by atoms with Gasteiger partial charge in [-0.05, 0) is 61.0 Å². The first kappa shape index (κ1) is 21.4. The highest BCUT2D eigenvalue weighted by molar-refractivity contribution is 7.18. The fourth-order valence-electron chi connectivity index (χ4n) is 2.68. The summed E-state index contributed by atoms with van der Waals surface area (Å²) in [6.45, 7) is 2.37. The van der Waals surface area contributed by atoms with Crippen molar-refractivity contribution in [3.8, 4) is 5.75 Å². The van der Waals surface area contributed by atoms with Crippen molar-refractivity contribution in [3.05, 3.63) is 82.2 Å². The number of hydrogen-bond donors (Lipinski definition) is 1. The molecule has 0 radical (unpaired) electrons. The van der Waals surface area contributed by atoms with Crippen LogP contribution in [0.25, 0.3) is 0 Å². The third-order valence-electron chi connectivity index (χ3n) is 4.29. The number of anilines is 1. The molecule has 1 aromatic heterocycles. The number of thiophene rings is 1. The monoisotopic (exact) mass is 430 g/mol. The van der Waals surface area contributed by atoms with Crippen molar-refractivity contribution in [2.24, 2.45) is 0 Å². The van der Waals surface area contributed by atoms with Gasteiger partial charge in [-0.3, -0.25) is 9.59 Å². The second kappa shape index (κ2) is 9.49. The highest BCUT2D eigenvalue weighted by Gasteiger charge is 2.19. The smallest absolute Gasteiger partial charge is 0.264 e. The summed E-state index contributed by atoms with van der Waals surface area (Å²) >= 11 is 1.16. The van der Waals surface area contributed by atoms with Crippen molar-refractivity contribution in [3.63, 3.8) is 0 Å². The lowest BCUT2D eigenvalue weighted by molar-refractivity contribution is 0.0777. The van der Waals surface area contributed by atoms with Crippen LogP contribution in [0, 0.1) is 18.6 Å². The highest BCUT2D eigenvalue weighted by Crippen LogP contribution is 2.28. The van der Waals surface area contributed by atoms with Crippen molar-refractivity contribution in [1.29, 1.82) is 0 Å². The Kier molecular flexibility index (Phi) is 6.79. The minimum atomic E-state index is -0.495. The Balaban J connectivity index is 1.58. The summed E-state index contributed by atoms with van der Waals surface area (Å²) in [6, 6.07) is 12.7. The lowest BCUT2D eigenvalue weighted by Gasteiger charge is -2.17. The minimum Gasteiger partial charge on any atom is -0.492 e. The number of nitrogens with one attached hydrogen (secondary N) is 1. The topological polar surface area (TPSA) is 58.6 Å². The van der Waals surface area contributed by atoms with E-state index in [1.165, 1.54) is 47.4 Å². The molecule has 3 aromatic rings. The van der Waals surface area contributed by atoms with E-state index in [0.29, 0.717) is 22.2 Å². The first-order chi connectivity index (χ1) is 14.3. The lowest BCUT2D eigenvalue weighted by atomic mass is 10.2. The van der Waals surface area contributed by atoms with Crippen molar-refractivity contribution in [2.75, 3.05) is 25.5 Å². The Labute approximate surface area is 176 Å². The van der Waals surface area contributed by atoms with Crippen LogP contribution < -0.4 is 10.1 Å². The standard InChI is InChI=1S/C22H20F2N2O3S/c1-14-12-19(25-21(27)15-4-3-5-17(24)13-15)30-20(14)22(28)26(2)10-11-29-18-8-6-16(23)7-9-18/h3-9,12-13H,10-11H2,1-2H3,(H,25,27). The van der Waals surface area contributed by atoms with E-state index < -0.39 is 11.7 Å². The summed E-state index contributed by atoms with van der Waals surface area (Å²) in [5.74, 6) is -0.970. The number of carbonyl (C=O) groups is 2. The van der Waals surface area contributed by atoms with Gasteiger partial charge in [-0.1, -0.05) is 6.07 Å². The third-order valence-corrected chi connectivity index (χ3v) is 5.43. The second-order valence-corrected chi connectivity index (χ2v) is 7.67. The molecule has 0 bridgehead atoms. The zero-order valence-electron chi connectivity index (χ0n) is 16.4. The largest absolute Gasteiger partial charge is 0.492 e. The van der Waals surface area contributed by atoms with Crippen LogP contribution in [-0.2, 0) is 0 Å². The molecule has 0 aliphatic heterocycles. The van der Waals surface area contributed by atoms with Crippen LogP contribution in [0.5, 0.6) is 5.75 Å². The maximum Gasteiger partial charge on any atom is 0.264 e. The molecule has 2 amide bonds. The number of aryl methyl sites for hydroxylation is 1. The summed E-state index contributed by atoms with van der Waals surface area (Å²) in [5.41, 5.74) is 0.926. The van der Waals surface area contributed by atoms with Crippen LogP contribution in [0.3, 0.4) is 0 Å². The van der Waals surface area contributed by atoms with Gasteiger partial charge in [0.15, 0.2) is 0 Å². The van der Waals surface area contributed by atoms with Crippen LogP contribution in [0.1, 0.15) is 25.6 Å². The predicted octanol–water partition coefficient (Wildman–Crippen LogP) is 4.74. The Hall–Kier alpha value is -3.26. The number of benzene rings is 2. The lowest BCUT2D eigenvalue weighted by Crippen LogP contribution is -2.30. The summed E-state index contributed by atoms with van der Waals surface area (Å²) in [4.78, 5) is 27.0. The number of amides is 2. The zero-order chi connectivity index (χ0) is 21.7. The molecule has 0 fully saturated rings. The molecule has 1 heterocycles. The minimum absolute atomic E-state index is 0.198. The maximum atomic E-state index is 13.3. The molecule has 0 spiro atoms. The molecule has 0 unspecified atom stereocenters. The van der Waals surface area contributed by atoms with E-state index in [1.54, 1.807) is 20.0 Å². The van der Waals surface area contributed by atoms with E-state index in [-0.39, 0.29) is 23.9 Å². The molecule has 1 N–H and O–H groups in total. The van der Waals surface area contributed by atoms with Gasteiger partial charge in [-0.15, -0.1) is 11.3 Å². The summed E-state index contributed by atoms with van der Waals surface area (Å²) in [5, 5.41) is 3.20. The van der Waals surface area contributed by atoms with E-state index in [9.17, 15) is 18.4 Å². The van der Waals surface area contributed by atoms with Gasteiger partial charge in [-0.2, -0.15) is 0 Å². The predicted molar refractivity (Wildman–Crippen MR) is 112 cm³/mol. The van der Waals surface area contributed by atoms with Crippen LogP contribution in [-0.4, -0.2) is 36.9 Å². The van der Waals surface area contributed by atoms with Crippen LogP contribution in [0.15, 0.2) is 54.6 Å². The summed E-state index contributed by atoms with van der Waals surface area (Å²) in [7, 11) is 1.65. The average Bonchev–Trinajstić information content (AvgIpc) is 3.08. The van der Waals surface area contributed by atoms with Gasteiger partial charge in [0.2, 0.25) is 0 Å². The third kappa shape index (κ3) is 5.42. The molecule has 8 heteroatoms. The quantitative estimate of drug-likeness (QED) is 0.589. The number of hydrogen-bond acceptors (Lipinski definition) is 4. The van der Waals surface area contributed by atoms with E-state index in [0.717, 1.165) is 23.0 Å². The van der Waals surface area contributed by atoms with Crippen molar-refractivity contribution >= 4 is 28.2 Å². The van der Waals surface area contributed by atoms with Gasteiger partial charge in [-0.25, -0.2) is 8.78 Å². The molecule has 30 heavy (non-hydrogen) atoms. The van der Waals surface area contributed by atoms with Gasteiger partial charge >= 0.3 is 0 Å². The normalized spacial score (nSPS) is 10.5. The van der Waals surface area contributed by atoms with Gasteiger partial charge in [0.25, 0.3) is 11.8 Å². The Morgan fingerprint density at radius 2 is 1.80 bits per heavy atom. The molecule has 0 aliphatic carbocycles. The van der Waals surface area contributed by atoms with Crippen LogP contribution >= 0.6 is 11.3 Å². The number of nitrogens with zero attached hydrogens (tertiary/aromatic N) is 1. The first-order valence-electron chi connectivity index (χ1n) is 9.14. The zero-order valence-corrected chi connectivity index (χ0v) is 17.3. The molecule has 3 rings (SSSR count). The summed E-state index contributed by atoms with van der Waals surface area (Å²) < 4.78 is 31.7. The van der Waals surface area contributed by atoms with Crippen molar-refractivity contribution < 1.29 is 23.1 Å². The first-order valence-corrected chi connectivity index (χ1v) is 9.96. The molecule has 0 aliphatic rings. The molecule has 5 nitrogen and oxygen atoms in total. The molecule has 156 valence electrons. The number of likely N-dealkylation sites (N-methyl/N-ethyl adjacent to an activating group) is 1. The Morgan fingerprint density at radius 3 is 2.50 bits per heavy atom. The number of ether oxygens (including phenoxy) is 1. The Bertz CT molecular complexity index is 1050. The molecule has 0 saturated carbocycles. The van der Waals surface area contributed by atoms with E-state index >= 15 is 0 Å². The van der Waals surface area contributed by atoms with Gasteiger partial charge < -0.3 is 15.0 Å². The van der Waals surface area contributed by atoms with E-state index in [1.807, 2.05) is 0 Å². The number of carbonyl (C=O) groups excluding carboxylic acids is 2. The number of rotatable bonds is 7. The second-order valence-electron chi connectivity index (χ2n) is 6.62. The van der Waals surface area contributed by atoms with Gasteiger partial charge in [0, 0.05) is 12.6 Å². The Morgan fingerprint density at radius 1 is 1.07 bits per heavy atom. The van der Waals surface area contributed by atoms with Gasteiger partial charge in [0.1, 0.15) is 24.0 Å². The van der Waals surface area contributed by atoms with Crippen LogP contribution in [0.2, 0.25) is 0 Å². The molecular weight excluding hydrogens is 410 g/mol. The van der Waals surface area contributed by atoms with Crippen molar-refractivity contribution in [2.45, 2.75) is 6.92 Å². The molecule has 0 atom stereocenters. The van der Waals surface area contributed by atoms with Crippen LogP contribution in [0.4, 0.5) is 13.8 Å². The number of halogens is 2. The van der Waals surface area contributed by atoms with E-state index in [2.05, 4.69) is 5.32 Å². The molecule has 0 saturated heterocycles. The fraction of sp³-hybridized carbons (Fsp3) is 0.182. The molecule has 2 aromatic carbocycles. The highest BCUT2D eigenvalue weighted by atomic mass is 32.1. The molecular formula is C22H20F2N2O3S. The van der Waals surface area contributed by atoms with Crippen molar-refractivity contribution in [1.82, 2.24) is 4.90 Å². The average molecular weight is 430 g/mol.